The summed E-state index contributed by atoms with van der Waals surface area (Å²) in [6.45, 7) is 8.03. The highest BCUT2D eigenvalue weighted by Gasteiger charge is 2.50. The first-order valence-corrected chi connectivity index (χ1v) is 16.2. The first-order chi connectivity index (χ1) is 20.1. The molecule has 1 aliphatic heterocycles. The van der Waals surface area contributed by atoms with Crippen molar-refractivity contribution >= 4 is 39.0 Å². The molecule has 0 saturated carbocycles. The number of nitrogens with zero attached hydrogens (tertiary/aromatic N) is 1. The Morgan fingerprint density at radius 3 is 2.19 bits per heavy atom. The maximum absolute atomic E-state index is 13.7. The van der Waals surface area contributed by atoms with E-state index in [-0.39, 0.29) is 34.4 Å². The Bertz CT molecular complexity index is 1610. The fourth-order valence-electron chi connectivity index (χ4n) is 5.51. The van der Waals surface area contributed by atoms with Gasteiger partial charge in [0.2, 0.25) is 5.91 Å². The van der Waals surface area contributed by atoms with Crippen molar-refractivity contribution in [2.75, 3.05) is 18.8 Å². The van der Waals surface area contributed by atoms with Gasteiger partial charge in [0.25, 0.3) is 5.91 Å². The number of aliphatic hydroxyl groups is 1. The third-order valence-corrected chi connectivity index (χ3v) is 10.1. The van der Waals surface area contributed by atoms with Gasteiger partial charge in [-0.15, -0.1) is 0 Å². The van der Waals surface area contributed by atoms with Gasteiger partial charge in [-0.1, -0.05) is 81.8 Å². The van der Waals surface area contributed by atoms with Crippen LogP contribution in [0.2, 0.25) is 5.02 Å². The quantitative estimate of drug-likeness (QED) is 0.327. The number of carbonyl (C=O) groups is 3. The zero-order chi connectivity index (χ0) is 31.6. The molecule has 10 heteroatoms. The number of rotatable bonds is 9. The monoisotopic (exact) mass is 624 g/mol. The Hall–Kier alpha value is -3.53. The summed E-state index contributed by atoms with van der Waals surface area (Å²) in [6.07, 6.45) is 0.308. The van der Waals surface area contributed by atoms with Gasteiger partial charge in [-0.25, -0.2) is 8.42 Å². The van der Waals surface area contributed by atoms with E-state index in [1.807, 2.05) is 27.7 Å². The lowest BCUT2D eigenvalue weighted by molar-refractivity contribution is -0.155. The molecule has 2 N–H and O–H groups in total. The van der Waals surface area contributed by atoms with Crippen LogP contribution in [0.4, 0.5) is 0 Å². The van der Waals surface area contributed by atoms with Crippen molar-refractivity contribution in [3.05, 3.63) is 101 Å². The second kappa shape index (κ2) is 12.6. The fourth-order valence-corrected chi connectivity index (χ4v) is 6.88. The first kappa shape index (κ1) is 32.4. The summed E-state index contributed by atoms with van der Waals surface area (Å²) >= 11 is 6.04. The Balaban J connectivity index is 1.47. The minimum absolute atomic E-state index is 0.0445. The molecule has 0 spiro atoms. The van der Waals surface area contributed by atoms with Crippen LogP contribution < -0.4 is 5.32 Å². The maximum atomic E-state index is 13.7. The number of hydrogen-bond acceptors (Lipinski definition) is 6. The Morgan fingerprint density at radius 1 is 0.953 bits per heavy atom. The van der Waals surface area contributed by atoms with Gasteiger partial charge < -0.3 is 15.3 Å². The van der Waals surface area contributed by atoms with Crippen LogP contribution >= 0.6 is 11.6 Å². The second-order valence-electron chi connectivity index (χ2n) is 12.0. The predicted octanol–water partition coefficient (Wildman–Crippen LogP) is 4.90. The Morgan fingerprint density at radius 2 is 1.58 bits per heavy atom. The molecule has 0 bridgehead atoms. The average molecular weight is 625 g/mol. The molecule has 0 aromatic heterocycles. The predicted molar refractivity (Wildman–Crippen MR) is 166 cm³/mol. The molecule has 1 aliphatic rings. The molecule has 43 heavy (non-hydrogen) atoms. The van der Waals surface area contributed by atoms with Crippen molar-refractivity contribution in [3.8, 4) is 0 Å². The van der Waals surface area contributed by atoms with Gasteiger partial charge in [0, 0.05) is 34.7 Å². The Kier molecular flexibility index (Phi) is 9.49. The molecule has 8 nitrogen and oxygen atoms in total. The van der Waals surface area contributed by atoms with Crippen LogP contribution in [-0.2, 0) is 20.2 Å². The summed E-state index contributed by atoms with van der Waals surface area (Å²) in [4.78, 5) is 41.7. The lowest BCUT2D eigenvalue weighted by Crippen LogP contribution is -2.60. The molecule has 1 fully saturated rings. The smallest absolute Gasteiger partial charge is 0.251 e. The van der Waals surface area contributed by atoms with E-state index < -0.39 is 44.3 Å². The number of carbonyl (C=O) groups excluding carboxylic acids is 3. The zero-order valence-electron chi connectivity index (χ0n) is 24.7. The zero-order valence-corrected chi connectivity index (χ0v) is 26.3. The number of amides is 2. The minimum Gasteiger partial charge on any atom is -0.384 e. The van der Waals surface area contributed by atoms with Gasteiger partial charge in [-0.2, -0.15) is 0 Å². The van der Waals surface area contributed by atoms with Crippen molar-refractivity contribution in [2.45, 2.75) is 50.7 Å². The van der Waals surface area contributed by atoms with E-state index in [9.17, 15) is 27.9 Å². The summed E-state index contributed by atoms with van der Waals surface area (Å²) in [5, 5.41) is 15.1. The van der Waals surface area contributed by atoms with Gasteiger partial charge in [-0.05, 0) is 54.3 Å². The summed E-state index contributed by atoms with van der Waals surface area (Å²) in [5.74, 6) is -2.45. The average Bonchev–Trinajstić information content (AvgIpc) is 2.97. The van der Waals surface area contributed by atoms with Crippen LogP contribution in [0.25, 0.3) is 0 Å². The summed E-state index contributed by atoms with van der Waals surface area (Å²) in [6, 6.07) is 19.7. The van der Waals surface area contributed by atoms with E-state index in [4.69, 9.17) is 11.6 Å². The van der Waals surface area contributed by atoms with Crippen LogP contribution in [0.15, 0.2) is 83.8 Å². The van der Waals surface area contributed by atoms with E-state index in [1.54, 1.807) is 47.4 Å². The Labute approximate surface area is 258 Å². The van der Waals surface area contributed by atoms with Crippen molar-refractivity contribution in [1.29, 1.82) is 0 Å². The molecule has 0 unspecified atom stereocenters. The van der Waals surface area contributed by atoms with Crippen molar-refractivity contribution < 1.29 is 27.9 Å². The van der Waals surface area contributed by atoms with Gasteiger partial charge in [-0.3, -0.25) is 14.4 Å². The maximum Gasteiger partial charge on any atom is 0.251 e. The van der Waals surface area contributed by atoms with Crippen molar-refractivity contribution in [2.24, 2.45) is 11.3 Å². The standard InChI is InChI=1S/C33H37ClN2O6S/c1-22(2)29(31(39)36-18-17-33(40,32(3,4)21-36)25-13-15-26(34)16-14-25)35-30(38)24-10-8-9-23(19-24)28(37)20-43(41,42)27-11-6-5-7-12-27/h5-16,19,22,29,40H,17-18,20-21H2,1-4H3,(H,35,38)/t29-,33+/m1/s1. The SMILES string of the molecule is CC(C)[C@@H](NC(=O)c1cccc(C(=O)CS(=O)(=O)c2ccccc2)c1)C(=O)N1CC[C@](O)(c2ccc(Cl)cc2)C(C)(C)C1. The topological polar surface area (TPSA) is 121 Å². The van der Waals surface area contributed by atoms with Crippen molar-refractivity contribution in [3.63, 3.8) is 0 Å². The minimum atomic E-state index is -3.86. The number of ketones is 1. The van der Waals surface area contributed by atoms with Gasteiger partial charge in [0.1, 0.15) is 11.8 Å². The van der Waals surface area contributed by atoms with Crippen LogP contribution in [0.5, 0.6) is 0 Å². The molecular weight excluding hydrogens is 588 g/mol. The number of piperidine rings is 1. The second-order valence-corrected chi connectivity index (χ2v) is 14.5. The first-order valence-electron chi connectivity index (χ1n) is 14.1. The highest BCUT2D eigenvalue weighted by atomic mass is 35.5. The van der Waals surface area contributed by atoms with E-state index in [0.717, 1.165) is 5.56 Å². The number of likely N-dealkylation sites (tertiary alicyclic amines) is 1. The number of halogens is 1. The van der Waals surface area contributed by atoms with E-state index in [0.29, 0.717) is 18.0 Å². The van der Waals surface area contributed by atoms with Crippen LogP contribution in [0.1, 0.15) is 60.4 Å². The van der Waals surface area contributed by atoms with Crippen LogP contribution in [0, 0.1) is 11.3 Å². The largest absolute Gasteiger partial charge is 0.384 e. The van der Waals surface area contributed by atoms with Crippen molar-refractivity contribution in [1.82, 2.24) is 10.2 Å². The van der Waals surface area contributed by atoms with E-state index in [2.05, 4.69) is 5.32 Å². The number of sulfone groups is 1. The molecule has 0 radical (unpaired) electrons. The molecule has 228 valence electrons. The molecule has 2 atom stereocenters. The molecule has 2 amide bonds. The summed E-state index contributed by atoms with van der Waals surface area (Å²) in [5.41, 5.74) is -0.925. The third-order valence-electron chi connectivity index (χ3n) is 8.17. The van der Waals surface area contributed by atoms with Crippen LogP contribution in [0.3, 0.4) is 0 Å². The summed E-state index contributed by atoms with van der Waals surface area (Å²) in [7, 11) is -3.86. The molecule has 1 heterocycles. The van der Waals surface area contributed by atoms with Crippen LogP contribution in [-0.4, -0.2) is 60.9 Å². The highest BCUT2D eigenvalue weighted by molar-refractivity contribution is 7.92. The van der Waals surface area contributed by atoms with E-state index >= 15 is 0 Å². The third kappa shape index (κ3) is 7.00. The highest BCUT2D eigenvalue weighted by Crippen LogP contribution is 2.46. The molecule has 4 rings (SSSR count). The number of Topliss-reactive ketones (excluding diaryl/α,β-unsaturated/α-hetero) is 1. The fraction of sp³-hybridized carbons (Fsp3) is 0.364. The number of hydrogen-bond donors (Lipinski definition) is 2. The molecular formula is C33H37ClN2O6S. The lowest BCUT2D eigenvalue weighted by atomic mass is 9.66. The number of nitrogens with one attached hydrogen (secondary N) is 1. The van der Waals surface area contributed by atoms with Gasteiger partial charge >= 0.3 is 0 Å². The summed E-state index contributed by atoms with van der Waals surface area (Å²) < 4.78 is 25.4. The van der Waals surface area contributed by atoms with Gasteiger partial charge in [0.05, 0.1) is 10.5 Å². The lowest BCUT2D eigenvalue weighted by Gasteiger charge is -2.51. The van der Waals surface area contributed by atoms with Gasteiger partial charge in [0.15, 0.2) is 15.6 Å². The molecule has 3 aromatic carbocycles. The molecule has 1 saturated heterocycles. The molecule has 0 aliphatic carbocycles. The normalized spacial score (nSPS) is 19.1. The van der Waals surface area contributed by atoms with E-state index in [1.165, 1.54) is 36.4 Å². The molecule has 3 aromatic rings. The number of benzene rings is 3.